The van der Waals surface area contributed by atoms with E-state index in [4.69, 9.17) is 0 Å². The Labute approximate surface area is 156 Å². The van der Waals surface area contributed by atoms with Crippen LogP contribution >= 0.6 is 11.3 Å². The summed E-state index contributed by atoms with van der Waals surface area (Å²) in [5, 5.41) is 0.739. The number of nitrogens with zero attached hydrogens (tertiary/aromatic N) is 2. The maximum absolute atomic E-state index is 13.3. The molecule has 0 N–H and O–H groups in total. The van der Waals surface area contributed by atoms with E-state index < -0.39 is 0 Å². The highest BCUT2D eigenvalue weighted by atomic mass is 32.1. The number of rotatable bonds is 1. The first-order valence-corrected chi connectivity index (χ1v) is 9.92. The first-order valence-electron chi connectivity index (χ1n) is 9.10. The molecule has 0 saturated carbocycles. The Balaban J connectivity index is 1.98. The number of aryl methyl sites for hydroxylation is 2. The third-order valence-corrected chi connectivity index (χ3v) is 7.02. The van der Waals surface area contributed by atoms with Gasteiger partial charge >= 0.3 is 5.69 Å². The zero-order chi connectivity index (χ0) is 18.6. The summed E-state index contributed by atoms with van der Waals surface area (Å²) in [6.07, 6.45) is 3.01. The zero-order valence-corrected chi connectivity index (χ0v) is 16.5. The highest BCUT2D eigenvalue weighted by molar-refractivity contribution is 7.18. The Morgan fingerprint density at radius 2 is 1.81 bits per heavy atom. The summed E-state index contributed by atoms with van der Waals surface area (Å²) in [6.45, 7) is 6.86. The molecule has 2 heterocycles. The van der Waals surface area contributed by atoms with Crippen LogP contribution in [-0.2, 0) is 19.9 Å². The van der Waals surface area contributed by atoms with Crippen LogP contribution in [0.2, 0.25) is 0 Å². The summed E-state index contributed by atoms with van der Waals surface area (Å²) >= 11 is 1.63. The van der Waals surface area contributed by atoms with E-state index in [1.807, 2.05) is 30.3 Å². The third kappa shape index (κ3) is 2.57. The summed E-state index contributed by atoms with van der Waals surface area (Å²) in [7, 11) is 1.77. The number of fused-ring (bicyclic) bond motifs is 3. The van der Waals surface area contributed by atoms with E-state index in [2.05, 4.69) is 20.8 Å². The molecule has 1 aliphatic carbocycles. The highest BCUT2D eigenvalue weighted by Gasteiger charge is 2.32. The van der Waals surface area contributed by atoms with Crippen molar-refractivity contribution in [1.29, 1.82) is 0 Å². The molecule has 0 amide bonds. The van der Waals surface area contributed by atoms with Gasteiger partial charge in [-0.2, -0.15) is 0 Å². The Morgan fingerprint density at radius 3 is 2.46 bits per heavy atom. The predicted octanol–water partition coefficient (Wildman–Crippen LogP) is 3.90. The maximum atomic E-state index is 13.3. The van der Waals surface area contributed by atoms with E-state index in [1.54, 1.807) is 23.0 Å². The number of hydrogen-bond donors (Lipinski definition) is 0. The molecule has 2 aromatic heterocycles. The van der Waals surface area contributed by atoms with Gasteiger partial charge in [-0.15, -0.1) is 11.3 Å². The van der Waals surface area contributed by atoms with Crippen LogP contribution in [-0.4, -0.2) is 9.13 Å². The van der Waals surface area contributed by atoms with Crippen LogP contribution in [0.25, 0.3) is 15.9 Å². The summed E-state index contributed by atoms with van der Waals surface area (Å²) in [5.74, 6) is 0.608. The second kappa shape index (κ2) is 5.95. The van der Waals surface area contributed by atoms with Crippen molar-refractivity contribution in [3.63, 3.8) is 0 Å². The summed E-state index contributed by atoms with van der Waals surface area (Å²) in [6, 6.07) is 9.20. The average molecular weight is 369 g/mol. The molecular formula is C21H24N2O2S. The molecular weight excluding hydrogens is 344 g/mol. The first-order chi connectivity index (χ1) is 12.3. The fourth-order valence-electron chi connectivity index (χ4n) is 4.01. The molecule has 4 nitrogen and oxygen atoms in total. The largest absolute Gasteiger partial charge is 0.336 e. The average Bonchev–Trinajstić information content (AvgIpc) is 2.99. The quantitative estimate of drug-likeness (QED) is 0.654. The van der Waals surface area contributed by atoms with Gasteiger partial charge in [0.15, 0.2) is 0 Å². The van der Waals surface area contributed by atoms with Crippen molar-refractivity contribution >= 4 is 21.6 Å². The molecule has 4 rings (SSSR count). The number of aromatic nitrogens is 2. The minimum atomic E-state index is -0.278. The summed E-state index contributed by atoms with van der Waals surface area (Å²) < 4.78 is 2.95. The molecule has 1 aromatic carbocycles. The fourth-order valence-corrected chi connectivity index (χ4v) is 5.38. The second-order valence-electron chi connectivity index (χ2n) is 8.31. The Morgan fingerprint density at radius 1 is 1.12 bits per heavy atom. The Bertz CT molecular complexity index is 1100. The lowest BCUT2D eigenvalue weighted by Gasteiger charge is -2.33. The third-order valence-electron chi connectivity index (χ3n) is 5.69. The van der Waals surface area contributed by atoms with Gasteiger partial charge in [0.2, 0.25) is 0 Å². The molecule has 1 unspecified atom stereocenters. The predicted molar refractivity (Wildman–Crippen MR) is 108 cm³/mol. The minimum absolute atomic E-state index is 0.180. The van der Waals surface area contributed by atoms with E-state index in [0.717, 1.165) is 35.0 Å². The lowest BCUT2D eigenvalue weighted by Crippen LogP contribution is -2.37. The van der Waals surface area contributed by atoms with Crippen molar-refractivity contribution in [2.45, 2.75) is 40.0 Å². The van der Waals surface area contributed by atoms with Gasteiger partial charge in [-0.05, 0) is 48.3 Å². The van der Waals surface area contributed by atoms with Crippen molar-refractivity contribution in [3.8, 4) is 5.69 Å². The van der Waals surface area contributed by atoms with Gasteiger partial charge in [0.25, 0.3) is 5.56 Å². The number of thiophene rings is 1. The SMILES string of the molecule is Cn1c(=O)n(-c2ccccc2)c(=O)c2c3c(sc21)CC(C(C)(C)C)CC3. The van der Waals surface area contributed by atoms with Crippen molar-refractivity contribution in [2.24, 2.45) is 18.4 Å². The standard InChI is InChI=1S/C21H24N2O2S/c1-21(2,3)13-10-11-15-16(12-13)26-19-17(15)18(24)23(20(25)22(19)4)14-8-6-5-7-9-14/h5-9,13H,10-12H2,1-4H3. The van der Waals surface area contributed by atoms with Gasteiger partial charge in [0.1, 0.15) is 4.83 Å². The van der Waals surface area contributed by atoms with Crippen LogP contribution in [0.1, 0.15) is 37.6 Å². The Kier molecular flexibility index (Phi) is 3.95. The first kappa shape index (κ1) is 17.3. The van der Waals surface area contributed by atoms with E-state index in [-0.39, 0.29) is 16.7 Å². The lowest BCUT2D eigenvalue weighted by molar-refractivity contribution is 0.218. The molecule has 1 atom stereocenters. The fraction of sp³-hybridized carbons (Fsp3) is 0.429. The van der Waals surface area contributed by atoms with Gasteiger partial charge < -0.3 is 0 Å². The molecule has 0 radical (unpaired) electrons. The van der Waals surface area contributed by atoms with Crippen molar-refractivity contribution in [1.82, 2.24) is 9.13 Å². The highest BCUT2D eigenvalue weighted by Crippen LogP contribution is 2.42. The van der Waals surface area contributed by atoms with Crippen LogP contribution < -0.4 is 11.2 Å². The topological polar surface area (TPSA) is 44.0 Å². The van der Waals surface area contributed by atoms with E-state index >= 15 is 0 Å². The smallest absolute Gasteiger partial charge is 0.287 e. The number of para-hydroxylation sites is 1. The van der Waals surface area contributed by atoms with E-state index in [0.29, 0.717) is 11.6 Å². The summed E-state index contributed by atoms with van der Waals surface area (Å²) in [4.78, 5) is 28.2. The molecule has 1 aliphatic rings. The summed E-state index contributed by atoms with van der Waals surface area (Å²) in [5.41, 5.74) is 1.59. The van der Waals surface area contributed by atoms with Crippen LogP contribution in [0.5, 0.6) is 0 Å². The van der Waals surface area contributed by atoms with E-state index in [1.165, 1.54) is 9.44 Å². The van der Waals surface area contributed by atoms with Crippen molar-refractivity contribution < 1.29 is 0 Å². The van der Waals surface area contributed by atoms with Gasteiger partial charge in [0, 0.05) is 11.9 Å². The molecule has 0 aliphatic heterocycles. The lowest BCUT2D eigenvalue weighted by atomic mass is 9.72. The van der Waals surface area contributed by atoms with Crippen LogP contribution in [0.3, 0.4) is 0 Å². The molecule has 0 bridgehead atoms. The minimum Gasteiger partial charge on any atom is -0.287 e. The molecule has 5 heteroatoms. The molecule has 0 fully saturated rings. The van der Waals surface area contributed by atoms with E-state index in [9.17, 15) is 9.59 Å². The van der Waals surface area contributed by atoms with Crippen molar-refractivity contribution in [2.75, 3.05) is 0 Å². The van der Waals surface area contributed by atoms with Crippen LogP contribution in [0.4, 0.5) is 0 Å². The molecule has 136 valence electrons. The zero-order valence-electron chi connectivity index (χ0n) is 15.7. The Hall–Kier alpha value is -2.14. The molecule has 0 saturated heterocycles. The van der Waals surface area contributed by atoms with Crippen molar-refractivity contribution in [3.05, 3.63) is 61.6 Å². The van der Waals surface area contributed by atoms with Crippen LogP contribution in [0, 0.1) is 11.3 Å². The number of hydrogen-bond acceptors (Lipinski definition) is 3. The normalized spacial score (nSPS) is 17.5. The van der Waals surface area contributed by atoms with Gasteiger partial charge in [-0.3, -0.25) is 9.36 Å². The monoisotopic (exact) mass is 368 g/mol. The molecule has 0 spiro atoms. The van der Waals surface area contributed by atoms with Gasteiger partial charge in [-0.25, -0.2) is 9.36 Å². The van der Waals surface area contributed by atoms with Gasteiger partial charge in [-0.1, -0.05) is 39.0 Å². The maximum Gasteiger partial charge on any atom is 0.336 e. The van der Waals surface area contributed by atoms with Crippen LogP contribution in [0.15, 0.2) is 39.9 Å². The second-order valence-corrected chi connectivity index (χ2v) is 9.39. The molecule has 26 heavy (non-hydrogen) atoms. The number of benzene rings is 1. The molecule has 3 aromatic rings. The van der Waals surface area contributed by atoms with Gasteiger partial charge in [0.05, 0.1) is 11.1 Å².